The highest BCUT2D eigenvalue weighted by atomic mass is 19.4. The van der Waals surface area contributed by atoms with Crippen LogP contribution in [0.15, 0.2) is 30.3 Å². The number of ether oxygens (including phenoxy) is 1. The van der Waals surface area contributed by atoms with Crippen LogP contribution in [-0.2, 0) is 20.7 Å². The Kier molecular flexibility index (Phi) is 7.06. The number of carbonyl (C=O) groups excluding carboxylic acids is 2. The molecule has 0 aromatic heterocycles. The van der Waals surface area contributed by atoms with Crippen molar-refractivity contribution in [2.75, 3.05) is 0 Å². The van der Waals surface area contributed by atoms with Crippen molar-refractivity contribution in [1.82, 2.24) is 5.32 Å². The molecule has 0 aliphatic carbocycles. The molecule has 2 unspecified atom stereocenters. The van der Waals surface area contributed by atoms with Gasteiger partial charge in [-0.25, -0.2) is 4.79 Å². The van der Waals surface area contributed by atoms with Crippen LogP contribution in [0, 0.1) is 0 Å². The Bertz CT molecular complexity index is 517. The average molecular weight is 331 g/mol. The summed E-state index contributed by atoms with van der Waals surface area (Å²) in [5.41, 5.74) is 0.625. The van der Waals surface area contributed by atoms with E-state index in [4.69, 9.17) is 4.74 Å². The summed E-state index contributed by atoms with van der Waals surface area (Å²) in [6, 6.07) is 7.08. The van der Waals surface area contributed by atoms with Crippen LogP contribution in [0.4, 0.5) is 13.2 Å². The van der Waals surface area contributed by atoms with Crippen LogP contribution >= 0.6 is 0 Å². The van der Waals surface area contributed by atoms with Gasteiger partial charge < -0.3 is 10.1 Å². The molecule has 1 aromatic carbocycles. The van der Waals surface area contributed by atoms with E-state index in [0.29, 0.717) is 12.0 Å². The monoisotopic (exact) mass is 331 g/mol. The lowest BCUT2D eigenvalue weighted by Gasteiger charge is -2.21. The molecule has 0 heterocycles. The van der Waals surface area contributed by atoms with Crippen molar-refractivity contribution < 1.29 is 27.5 Å². The molecular formula is C16H20F3NO3. The molecule has 0 bridgehead atoms. The lowest BCUT2D eigenvalue weighted by Crippen LogP contribution is -2.49. The molecule has 0 spiro atoms. The van der Waals surface area contributed by atoms with Crippen molar-refractivity contribution in [3.05, 3.63) is 35.9 Å². The molecule has 1 rings (SSSR count). The number of carbonyl (C=O) groups is 2. The van der Waals surface area contributed by atoms with Crippen molar-refractivity contribution >= 4 is 11.9 Å². The van der Waals surface area contributed by atoms with Gasteiger partial charge in [0.1, 0.15) is 6.04 Å². The Morgan fingerprint density at radius 1 is 1.22 bits per heavy atom. The molecule has 2 atom stereocenters. The molecule has 4 nitrogen and oxygen atoms in total. The molecule has 7 heteroatoms. The SMILES string of the molecule is CCCC(C)OC(=O)C(Cc1ccccc1)NC(=O)C(F)(F)F. The highest BCUT2D eigenvalue weighted by Crippen LogP contribution is 2.16. The first-order valence-electron chi connectivity index (χ1n) is 7.36. The normalized spacial score (nSPS) is 14.0. The number of esters is 1. The molecule has 23 heavy (non-hydrogen) atoms. The summed E-state index contributed by atoms with van der Waals surface area (Å²) >= 11 is 0. The first-order valence-corrected chi connectivity index (χ1v) is 7.36. The summed E-state index contributed by atoms with van der Waals surface area (Å²) < 4.78 is 42.4. The van der Waals surface area contributed by atoms with E-state index in [9.17, 15) is 22.8 Å². The molecular weight excluding hydrogens is 311 g/mol. The van der Waals surface area contributed by atoms with E-state index >= 15 is 0 Å². The Balaban J connectivity index is 2.83. The largest absolute Gasteiger partial charge is 0.471 e. The van der Waals surface area contributed by atoms with Crippen LogP contribution in [0.3, 0.4) is 0 Å². The summed E-state index contributed by atoms with van der Waals surface area (Å²) in [5, 5.41) is 1.71. The number of benzene rings is 1. The molecule has 1 N–H and O–H groups in total. The third-order valence-electron chi connectivity index (χ3n) is 3.14. The number of nitrogens with one attached hydrogen (secondary N) is 1. The standard InChI is InChI=1S/C16H20F3NO3/c1-3-7-11(2)23-14(21)13(20-15(22)16(17,18)19)10-12-8-5-4-6-9-12/h4-6,8-9,11,13H,3,7,10H2,1-2H3,(H,20,22). The first kappa shape index (κ1) is 19.0. The summed E-state index contributed by atoms with van der Waals surface area (Å²) in [7, 11) is 0. The maximum Gasteiger partial charge on any atom is 0.471 e. The van der Waals surface area contributed by atoms with Gasteiger partial charge in [0.25, 0.3) is 0 Å². The summed E-state index contributed by atoms with van der Waals surface area (Å²) in [6.07, 6.45) is -4.18. The Morgan fingerprint density at radius 2 is 1.83 bits per heavy atom. The number of amides is 1. The first-order chi connectivity index (χ1) is 10.7. The van der Waals surface area contributed by atoms with Crippen molar-refractivity contribution in [2.24, 2.45) is 0 Å². The van der Waals surface area contributed by atoms with E-state index in [0.717, 1.165) is 6.42 Å². The zero-order valence-corrected chi connectivity index (χ0v) is 13.0. The lowest BCUT2D eigenvalue weighted by atomic mass is 10.1. The van der Waals surface area contributed by atoms with Crippen LogP contribution in [0.25, 0.3) is 0 Å². The van der Waals surface area contributed by atoms with Gasteiger partial charge >= 0.3 is 18.1 Å². The highest BCUT2D eigenvalue weighted by Gasteiger charge is 2.41. The van der Waals surface area contributed by atoms with E-state index < -0.39 is 30.2 Å². The lowest BCUT2D eigenvalue weighted by molar-refractivity contribution is -0.176. The fourth-order valence-corrected chi connectivity index (χ4v) is 2.03. The maximum absolute atomic E-state index is 12.4. The van der Waals surface area contributed by atoms with Gasteiger partial charge in [-0.2, -0.15) is 13.2 Å². The van der Waals surface area contributed by atoms with E-state index in [1.54, 1.807) is 42.6 Å². The van der Waals surface area contributed by atoms with Crippen LogP contribution in [0.5, 0.6) is 0 Å². The molecule has 128 valence electrons. The fraction of sp³-hybridized carbons (Fsp3) is 0.500. The molecule has 0 fully saturated rings. The molecule has 1 aromatic rings. The molecule has 0 aliphatic rings. The zero-order valence-electron chi connectivity index (χ0n) is 13.0. The molecule has 0 saturated heterocycles. The van der Waals surface area contributed by atoms with E-state index in [-0.39, 0.29) is 6.42 Å². The van der Waals surface area contributed by atoms with Gasteiger partial charge in [-0.1, -0.05) is 43.7 Å². The van der Waals surface area contributed by atoms with Gasteiger partial charge in [0, 0.05) is 6.42 Å². The Hall–Kier alpha value is -2.05. The number of alkyl halides is 3. The number of hydrogen-bond donors (Lipinski definition) is 1. The topological polar surface area (TPSA) is 55.4 Å². The smallest absolute Gasteiger partial charge is 0.461 e. The summed E-state index contributed by atoms with van der Waals surface area (Å²) in [6.45, 7) is 3.56. The van der Waals surface area contributed by atoms with Crippen LogP contribution < -0.4 is 5.32 Å². The quantitative estimate of drug-likeness (QED) is 0.782. The van der Waals surface area contributed by atoms with Crippen molar-refractivity contribution in [3.8, 4) is 0 Å². The van der Waals surface area contributed by atoms with E-state index in [1.807, 2.05) is 6.92 Å². The second kappa shape index (κ2) is 8.55. The minimum absolute atomic E-state index is 0.0691. The second-order valence-electron chi connectivity index (χ2n) is 5.25. The number of halogens is 3. The number of rotatable bonds is 7. The van der Waals surface area contributed by atoms with Crippen molar-refractivity contribution in [1.29, 1.82) is 0 Å². The Morgan fingerprint density at radius 3 is 2.35 bits per heavy atom. The zero-order chi connectivity index (χ0) is 17.5. The van der Waals surface area contributed by atoms with Gasteiger partial charge in [-0.15, -0.1) is 0 Å². The van der Waals surface area contributed by atoms with E-state index in [2.05, 4.69) is 0 Å². The maximum atomic E-state index is 12.4. The molecule has 1 amide bonds. The second-order valence-corrected chi connectivity index (χ2v) is 5.25. The van der Waals surface area contributed by atoms with Crippen LogP contribution in [0.2, 0.25) is 0 Å². The van der Waals surface area contributed by atoms with Crippen LogP contribution in [0.1, 0.15) is 32.3 Å². The van der Waals surface area contributed by atoms with Gasteiger partial charge in [0.2, 0.25) is 0 Å². The predicted molar refractivity (Wildman–Crippen MR) is 78.6 cm³/mol. The predicted octanol–water partition coefficient (Wildman–Crippen LogP) is 3.01. The minimum atomic E-state index is -5.05. The number of hydrogen-bond acceptors (Lipinski definition) is 3. The minimum Gasteiger partial charge on any atom is -0.461 e. The highest BCUT2D eigenvalue weighted by molar-refractivity contribution is 5.87. The molecule has 0 aliphatic heterocycles. The summed E-state index contributed by atoms with van der Waals surface area (Å²) in [4.78, 5) is 23.2. The third-order valence-corrected chi connectivity index (χ3v) is 3.14. The Labute approximate surface area is 133 Å². The van der Waals surface area contributed by atoms with Crippen molar-refractivity contribution in [2.45, 2.75) is 51.4 Å². The van der Waals surface area contributed by atoms with Gasteiger partial charge in [0.05, 0.1) is 6.10 Å². The van der Waals surface area contributed by atoms with E-state index in [1.165, 1.54) is 0 Å². The third kappa shape index (κ3) is 6.71. The van der Waals surface area contributed by atoms with Crippen LogP contribution in [-0.4, -0.2) is 30.2 Å². The molecule has 0 radical (unpaired) electrons. The fourth-order valence-electron chi connectivity index (χ4n) is 2.03. The van der Waals surface area contributed by atoms with Gasteiger partial charge in [0.15, 0.2) is 0 Å². The van der Waals surface area contributed by atoms with Crippen molar-refractivity contribution in [3.63, 3.8) is 0 Å². The summed E-state index contributed by atoms with van der Waals surface area (Å²) in [5.74, 6) is -3.02. The van der Waals surface area contributed by atoms with Gasteiger partial charge in [-0.3, -0.25) is 4.79 Å². The van der Waals surface area contributed by atoms with Gasteiger partial charge in [-0.05, 0) is 18.9 Å². The average Bonchev–Trinajstić information content (AvgIpc) is 2.46. The molecule has 0 saturated carbocycles.